The van der Waals surface area contributed by atoms with Gasteiger partial charge in [-0.05, 0) is 50.1 Å². The number of sulfone groups is 1. The van der Waals surface area contributed by atoms with Gasteiger partial charge in [-0.2, -0.15) is 4.31 Å². The summed E-state index contributed by atoms with van der Waals surface area (Å²) < 4.78 is 84.6. The van der Waals surface area contributed by atoms with Crippen LogP contribution in [-0.4, -0.2) is 93.8 Å². The summed E-state index contributed by atoms with van der Waals surface area (Å²) >= 11 is 0. The van der Waals surface area contributed by atoms with Crippen LogP contribution in [-0.2, 0) is 35.9 Å². The van der Waals surface area contributed by atoms with Crippen LogP contribution in [0.4, 0.5) is 9.18 Å². The summed E-state index contributed by atoms with van der Waals surface area (Å²) in [5.74, 6) is -0.355. The van der Waals surface area contributed by atoms with E-state index in [0.717, 1.165) is 6.26 Å². The van der Waals surface area contributed by atoms with Gasteiger partial charge in [0, 0.05) is 38.5 Å². The first kappa shape index (κ1) is 33.8. The molecule has 2 aromatic carbocycles. The molecule has 250 valence electrons. The third-order valence-corrected chi connectivity index (χ3v) is 11.2. The van der Waals surface area contributed by atoms with E-state index in [2.05, 4.69) is 5.32 Å². The maximum Gasteiger partial charge on any atom is 0.407 e. The molecule has 1 spiro atoms. The number of para-hydroxylation sites is 1. The van der Waals surface area contributed by atoms with Gasteiger partial charge in [0.15, 0.2) is 9.84 Å². The number of benzene rings is 2. The number of hydrogen-bond donors (Lipinski definition) is 2. The summed E-state index contributed by atoms with van der Waals surface area (Å²) in [7, 11) is -7.61. The van der Waals surface area contributed by atoms with Crippen molar-refractivity contribution in [3.63, 3.8) is 0 Å². The van der Waals surface area contributed by atoms with Crippen molar-refractivity contribution in [3.05, 3.63) is 64.7 Å². The first-order chi connectivity index (χ1) is 21.7. The van der Waals surface area contributed by atoms with Gasteiger partial charge >= 0.3 is 6.09 Å². The van der Waals surface area contributed by atoms with Crippen molar-refractivity contribution in [1.29, 1.82) is 0 Å². The number of aryl methyl sites for hydroxylation is 1. The zero-order chi connectivity index (χ0) is 33.3. The number of pyridine rings is 1. The minimum atomic E-state index is -4.19. The number of ether oxygens (including phenoxy) is 3. The second kappa shape index (κ2) is 13.3. The molecule has 0 radical (unpaired) electrons. The molecule has 1 aromatic heterocycles. The molecule has 16 heteroatoms. The topological polar surface area (TPSA) is 171 Å². The maximum atomic E-state index is 14.5. The van der Waals surface area contributed by atoms with Gasteiger partial charge in [0.05, 0.1) is 34.6 Å². The van der Waals surface area contributed by atoms with Crippen molar-refractivity contribution < 1.29 is 45.3 Å². The molecule has 0 saturated carbocycles. The Hall–Kier alpha value is -3.57. The highest BCUT2D eigenvalue weighted by Crippen LogP contribution is 2.38. The van der Waals surface area contributed by atoms with Crippen LogP contribution in [0, 0.1) is 5.82 Å². The summed E-state index contributed by atoms with van der Waals surface area (Å²) in [6.45, 7) is 1.87. The zero-order valence-electron chi connectivity index (χ0n) is 25.3. The largest absolute Gasteiger partial charge is 0.491 e. The van der Waals surface area contributed by atoms with Crippen molar-refractivity contribution in [3.8, 4) is 5.75 Å². The Balaban J connectivity index is 1.12. The quantitative estimate of drug-likeness (QED) is 0.323. The molecule has 0 unspecified atom stereocenters. The lowest BCUT2D eigenvalue weighted by Gasteiger charge is -2.37. The summed E-state index contributed by atoms with van der Waals surface area (Å²) in [5.41, 5.74) is -1.41. The van der Waals surface area contributed by atoms with Crippen LogP contribution in [0.2, 0.25) is 0 Å². The fraction of sp³-hybridized carbons (Fsp3) is 0.467. The number of aliphatic hydroxyl groups is 1. The Morgan fingerprint density at radius 2 is 1.89 bits per heavy atom. The van der Waals surface area contributed by atoms with E-state index in [0.29, 0.717) is 19.3 Å². The van der Waals surface area contributed by atoms with Crippen LogP contribution < -0.4 is 15.5 Å². The number of fused-ring (bicyclic) bond motifs is 1. The van der Waals surface area contributed by atoms with E-state index in [1.54, 1.807) is 13.0 Å². The monoisotopic (exact) mass is 681 g/mol. The Labute approximate surface area is 265 Å². The van der Waals surface area contributed by atoms with Gasteiger partial charge < -0.3 is 29.2 Å². The van der Waals surface area contributed by atoms with Gasteiger partial charge in [0.25, 0.3) is 0 Å². The second-order valence-electron chi connectivity index (χ2n) is 11.5. The molecule has 13 nitrogen and oxygen atoms in total. The van der Waals surface area contributed by atoms with E-state index in [9.17, 15) is 35.9 Å². The van der Waals surface area contributed by atoms with Gasteiger partial charge in [-0.3, -0.25) is 4.79 Å². The normalized spacial score (nSPS) is 19.3. The van der Waals surface area contributed by atoms with Gasteiger partial charge in [0.1, 0.15) is 35.3 Å². The van der Waals surface area contributed by atoms with Crippen LogP contribution in [0.5, 0.6) is 5.75 Å². The number of hydrogen-bond acceptors (Lipinski definition) is 10. The predicted molar refractivity (Wildman–Crippen MR) is 164 cm³/mol. The molecule has 0 bridgehead atoms. The van der Waals surface area contributed by atoms with E-state index in [1.807, 2.05) is 0 Å². The fourth-order valence-electron chi connectivity index (χ4n) is 5.76. The summed E-state index contributed by atoms with van der Waals surface area (Å²) in [6, 6.07) is 9.85. The van der Waals surface area contributed by atoms with Crippen LogP contribution in [0.15, 0.2) is 63.2 Å². The van der Waals surface area contributed by atoms with Gasteiger partial charge in [-0.1, -0.05) is 12.1 Å². The molecule has 5 rings (SSSR count). The Morgan fingerprint density at radius 3 is 2.59 bits per heavy atom. The smallest absolute Gasteiger partial charge is 0.407 e. The predicted octanol–water partition coefficient (Wildman–Crippen LogP) is 2.04. The molecule has 2 aliphatic rings. The minimum absolute atomic E-state index is 0.00627. The molecule has 3 heterocycles. The molecule has 46 heavy (non-hydrogen) atoms. The minimum Gasteiger partial charge on any atom is -0.491 e. The summed E-state index contributed by atoms with van der Waals surface area (Å²) in [6.07, 6.45) is 0.769. The molecule has 2 aliphatic heterocycles. The van der Waals surface area contributed by atoms with E-state index in [-0.39, 0.29) is 60.9 Å². The number of alkyl carbamates (subject to hydrolysis) is 1. The Kier molecular flexibility index (Phi) is 9.75. The SMILES string of the molecule is CCn1cc(S(=O)(=O)N2CCC3(CC2)C[C@@H](OC(=O)NC[C@H](O)COc2cccc(S(C)(=O)=O)c2)CO3)c(=O)c2cccc(F)c21. The first-order valence-corrected chi connectivity index (χ1v) is 18.1. The number of aromatic nitrogens is 1. The lowest BCUT2D eigenvalue weighted by Crippen LogP contribution is -2.47. The number of rotatable bonds is 10. The van der Waals surface area contributed by atoms with Gasteiger partial charge in [-0.15, -0.1) is 0 Å². The fourth-order valence-corrected chi connectivity index (χ4v) is 7.96. The van der Waals surface area contributed by atoms with Crippen LogP contribution in [0.25, 0.3) is 10.9 Å². The van der Waals surface area contributed by atoms with E-state index >= 15 is 0 Å². The maximum absolute atomic E-state index is 14.5. The Bertz CT molecular complexity index is 1890. The van der Waals surface area contributed by atoms with Gasteiger partial charge in [-0.25, -0.2) is 26.0 Å². The van der Waals surface area contributed by atoms with Crippen molar-refractivity contribution in [1.82, 2.24) is 14.2 Å². The average molecular weight is 682 g/mol. The third-order valence-electron chi connectivity index (χ3n) is 8.21. The second-order valence-corrected chi connectivity index (χ2v) is 15.4. The number of aliphatic hydroxyl groups excluding tert-OH is 1. The van der Waals surface area contributed by atoms with E-state index in [1.165, 1.54) is 51.5 Å². The molecule has 3 aromatic rings. The standard InChI is InChI=1S/C30H36FN3O10S2/c1-3-33-17-26(28(36)24-8-5-9-25(31)27(24)33)46(40,41)34-12-10-30(11-13-34)15-22(19-43-30)44-29(37)32-16-20(35)18-42-21-6-4-7-23(14-21)45(2,38)39/h4-9,14,17,20,22,35H,3,10-13,15-16,18-19H2,1-2H3,(H,32,37)/t20-,22+/m0/s1. The van der Waals surface area contributed by atoms with E-state index in [4.69, 9.17) is 14.2 Å². The molecule has 2 N–H and O–H groups in total. The number of carbonyl (C=O) groups is 1. The highest BCUT2D eigenvalue weighted by Gasteiger charge is 2.46. The highest BCUT2D eigenvalue weighted by molar-refractivity contribution is 7.90. The van der Waals surface area contributed by atoms with Crippen molar-refractivity contribution >= 4 is 36.9 Å². The molecule has 0 aliphatic carbocycles. The molecule has 1 amide bonds. The molecule has 2 fully saturated rings. The van der Waals surface area contributed by atoms with Crippen molar-refractivity contribution in [2.45, 2.75) is 60.3 Å². The van der Waals surface area contributed by atoms with E-state index < -0.39 is 59.9 Å². The third kappa shape index (κ3) is 7.20. The molecule has 2 saturated heterocycles. The number of sulfonamides is 1. The first-order valence-electron chi connectivity index (χ1n) is 14.7. The van der Waals surface area contributed by atoms with Gasteiger partial charge in [0.2, 0.25) is 15.5 Å². The highest BCUT2D eigenvalue weighted by atomic mass is 32.2. The molecular weight excluding hydrogens is 645 g/mol. The number of piperidine rings is 1. The summed E-state index contributed by atoms with van der Waals surface area (Å²) in [4.78, 5) is 25.2. The molecular formula is C30H36FN3O10S2. The molecule has 2 atom stereocenters. The number of amides is 1. The van der Waals surface area contributed by atoms with Crippen molar-refractivity contribution in [2.24, 2.45) is 0 Å². The lowest BCUT2D eigenvalue weighted by molar-refractivity contribution is -0.0325. The zero-order valence-corrected chi connectivity index (χ0v) is 27.0. The van der Waals surface area contributed by atoms with Crippen LogP contribution >= 0.6 is 0 Å². The average Bonchev–Trinajstić information content (AvgIpc) is 3.40. The number of nitrogens with zero attached hydrogens (tertiary/aromatic N) is 2. The van der Waals surface area contributed by atoms with Crippen LogP contribution in [0.1, 0.15) is 26.2 Å². The van der Waals surface area contributed by atoms with Crippen LogP contribution in [0.3, 0.4) is 0 Å². The lowest BCUT2D eigenvalue weighted by atomic mass is 9.89. The number of carbonyl (C=O) groups excluding carboxylic acids is 1. The number of nitrogens with one attached hydrogen (secondary N) is 1. The number of halogens is 1. The Morgan fingerprint density at radius 1 is 1.17 bits per heavy atom. The summed E-state index contributed by atoms with van der Waals surface area (Å²) in [5, 5.41) is 12.7. The van der Waals surface area contributed by atoms with Crippen molar-refractivity contribution in [2.75, 3.05) is 39.1 Å².